The predicted octanol–water partition coefficient (Wildman–Crippen LogP) is 4.78. The van der Waals surface area contributed by atoms with E-state index in [9.17, 15) is 18.0 Å². The Hall–Kier alpha value is -3.85. The Kier molecular flexibility index (Phi) is 10.7. The molecule has 0 heterocycles. The third-order valence-corrected chi connectivity index (χ3v) is 8.29. The highest BCUT2D eigenvalue weighted by molar-refractivity contribution is 7.92. The van der Waals surface area contributed by atoms with Gasteiger partial charge >= 0.3 is 0 Å². The Morgan fingerprint density at radius 2 is 1.52 bits per heavy atom. The van der Waals surface area contributed by atoms with Crippen LogP contribution in [0.1, 0.15) is 38.8 Å². The molecule has 0 fully saturated rings. The Morgan fingerprint density at radius 1 is 0.900 bits per heavy atom. The summed E-state index contributed by atoms with van der Waals surface area (Å²) in [5.41, 5.74) is 2.15. The van der Waals surface area contributed by atoms with Crippen molar-refractivity contribution in [2.45, 2.75) is 52.1 Å². The van der Waals surface area contributed by atoms with Crippen LogP contribution < -0.4 is 14.4 Å². The second-order valence-corrected chi connectivity index (χ2v) is 11.9. The third kappa shape index (κ3) is 7.85. The minimum atomic E-state index is -4.11. The molecule has 1 unspecified atom stereocenters. The topological polar surface area (TPSA) is 96.0 Å². The molecule has 3 aromatic rings. The second-order valence-electron chi connectivity index (χ2n) is 10.0. The normalized spacial score (nSPS) is 12.1. The summed E-state index contributed by atoms with van der Waals surface area (Å²) in [6.45, 7) is 10.1. The van der Waals surface area contributed by atoms with Crippen molar-refractivity contribution < 1.29 is 22.7 Å². The quantitative estimate of drug-likeness (QED) is 0.322. The van der Waals surface area contributed by atoms with Crippen molar-refractivity contribution >= 4 is 27.5 Å². The number of nitrogens with one attached hydrogen (secondary N) is 1. The minimum Gasteiger partial charge on any atom is -0.494 e. The zero-order valence-electron chi connectivity index (χ0n) is 23.8. The van der Waals surface area contributed by atoms with Crippen LogP contribution in [0.2, 0.25) is 0 Å². The molecule has 0 aliphatic rings. The SMILES string of the molecule is CCOc1ccc(N(CC(=O)N(Cc2ccccc2C)C(C)C(=O)NCC(C)C)S(=O)(=O)c2ccccc2)cc1. The molecule has 0 saturated heterocycles. The van der Waals surface area contributed by atoms with Gasteiger partial charge in [-0.2, -0.15) is 0 Å². The average molecular weight is 566 g/mol. The fraction of sp³-hybridized carbons (Fsp3) is 0.355. The van der Waals surface area contributed by atoms with Gasteiger partial charge in [-0.15, -0.1) is 0 Å². The van der Waals surface area contributed by atoms with E-state index in [4.69, 9.17) is 4.74 Å². The largest absolute Gasteiger partial charge is 0.494 e. The van der Waals surface area contributed by atoms with Gasteiger partial charge in [0.05, 0.1) is 17.2 Å². The van der Waals surface area contributed by atoms with Gasteiger partial charge in [0.15, 0.2) is 0 Å². The van der Waals surface area contributed by atoms with Crippen LogP contribution in [0.25, 0.3) is 0 Å². The molecule has 0 saturated carbocycles. The molecule has 8 nitrogen and oxygen atoms in total. The number of sulfonamides is 1. The molecule has 1 N–H and O–H groups in total. The van der Waals surface area contributed by atoms with E-state index in [1.54, 1.807) is 49.4 Å². The minimum absolute atomic E-state index is 0.0601. The van der Waals surface area contributed by atoms with E-state index >= 15 is 0 Å². The number of carbonyl (C=O) groups excluding carboxylic acids is 2. The average Bonchev–Trinajstić information content (AvgIpc) is 2.94. The third-order valence-electron chi connectivity index (χ3n) is 6.50. The van der Waals surface area contributed by atoms with Gasteiger partial charge in [-0.25, -0.2) is 8.42 Å². The lowest BCUT2D eigenvalue weighted by Crippen LogP contribution is -2.51. The van der Waals surface area contributed by atoms with Crippen molar-refractivity contribution in [2.75, 3.05) is 24.0 Å². The molecule has 0 aliphatic heterocycles. The van der Waals surface area contributed by atoms with Crippen molar-refractivity contribution in [3.8, 4) is 5.75 Å². The lowest BCUT2D eigenvalue weighted by Gasteiger charge is -2.32. The molecular formula is C31H39N3O5S. The molecule has 9 heteroatoms. The molecule has 214 valence electrons. The number of nitrogens with zero attached hydrogens (tertiary/aromatic N) is 2. The fourth-order valence-corrected chi connectivity index (χ4v) is 5.56. The van der Waals surface area contributed by atoms with Gasteiger partial charge in [0, 0.05) is 13.1 Å². The number of hydrogen-bond donors (Lipinski definition) is 1. The van der Waals surface area contributed by atoms with Crippen molar-refractivity contribution in [1.29, 1.82) is 0 Å². The van der Waals surface area contributed by atoms with Crippen LogP contribution in [-0.2, 0) is 26.2 Å². The first kappa shape index (κ1) is 30.7. The number of benzene rings is 3. The first-order chi connectivity index (χ1) is 19.0. The molecule has 2 amide bonds. The van der Waals surface area contributed by atoms with Crippen LogP contribution in [0, 0.1) is 12.8 Å². The van der Waals surface area contributed by atoms with Gasteiger partial charge in [0.25, 0.3) is 10.0 Å². The number of hydrogen-bond acceptors (Lipinski definition) is 5. The molecule has 40 heavy (non-hydrogen) atoms. The van der Waals surface area contributed by atoms with Crippen LogP contribution in [0.5, 0.6) is 5.75 Å². The summed E-state index contributed by atoms with van der Waals surface area (Å²) in [7, 11) is -4.11. The van der Waals surface area contributed by atoms with Gasteiger partial charge in [-0.05, 0) is 74.2 Å². The molecule has 3 aromatic carbocycles. The van der Waals surface area contributed by atoms with Crippen LogP contribution in [-0.4, -0.2) is 50.9 Å². The summed E-state index contributed by atoms with van der Waals surface area (Å²) in [6.07, 6.45) is 0. The van der Waals surface area contributed by atoms with E-state index in [1.165, 1.54) is 17.0 Å². The zero-order chi connectivity index (χ0) is 29.3. The molecule has 0 aliphatic carbocycles. The summed E-state index contributed by atoms with van der Waals surface area (Å²) in [5.74, 6) is 0.0344. The smallest absolute Gasteiger partial charge is 0.264 e. The highest BCUT2D eigenvalue weighted by Gasteiger charge is 2.32. The summed E-state index contributed by atoms with van der Waals surface area (Å²) in [4.78, 5) is 28.6. The zero-order valence-corrected chi connectivity index (χ0v) is 24.6. The van der Waals surface area contributed by atoms with Crippen molar-refractivity contribution in [3.05, 3.63) is 90.0 Å². The van der Waals surface area contributed by atoms with Crippen LogP contribution in [0.3, 0.4) is 0 Å². The van der Waals surface area contributed by atoms with E-state index in [-0.39, 0.29) is 23.3 Å². The standard InChI is InChI=1S/C31H39N3O5S/c1-6-39-28-18-16-27(17-19-28)34(40(37,38)29-14-8-7-9-15-29)22-30(35)33(21-26-13-11-10-12-24(26)4)25(5)31(36)32-20-23(2)3/h7-19,23,25H,6,20-22H2,1-5H3,(H,32,36). The number of amides is 2. The maximum absolute atomic E-state index is 14.0. The van der Waals surface area contributed by atoms with E-state index < -0.39 is 28.5 Å². The van der Waals surface area contributed by atoms with E-state index in [0.717, 1.165) is 15.4 Å². The molecule has 1 atom stereocenters. The molecule has 0 radical (unpaired) electrons. The number of rotatable bonds is 13. The molecule has 0 spiro atoms. The Balaban J connectivity index is 2.01. The number of carbonyl (C=O) groups is 2. The first-order valence-corrected chi connectivity index (χ1v) is 14.9. The number of anilines is 1. The van der Waals surface area contributed by atoms with Gasteiger partial charge in [0.1, 0.15) is 18.3 Å². The maximum Gasteiger partial charge on any atom is 0.264 e. The molecule has 3 rings (SSSR count). The van der Waals surface area contributed by atoms with Crippen molar-refractivity contribution in [3.63, 3.8) is 0 Å². The van der Waals surface area contributed by atoms with Crippen molar-refractivity contribution in [1.82, 2.24) is 10.2 Å². The molecule has 0 aromatic heterocycles. The van der Waals surface area contributed by atoms with E-state index in [0.29, 0.717) is 24.6 Å². The Bertz CT molecular complexity index is 1380. The maximum atomic E-state index is 14.0. The monoisotopic (exact) mass is 565 g/mol. The Morgan fingerprint density at radius 3 is 2.12 bits per heavy atom. The predicted molar refractivity (Wildman–Crippen MR) is 158 cm³/mol. The summed E-state index contributed by atoms with van der Waals surface area (Å²) in [5, 5.41) is 2.90. The Labute approximate surface area is 238 Å². The number of ether oxygens (including phenoxy) is 1. The first-order valence-electron chi connectivity index (χ1n) is 13.5. The number of aryl methyl sites for hydroxylation is 1. The van der Waals surface area contributed by atoms with Gasteiger partial charge in [-0.3, -0.25) is 13.9 Å². The van der Waals surface area contributed by atoms with Gasteiger partial charge < -0.3 is 15.0 Å². The lowest BCUT2D eigenvalue weighted by molar-refractivity contribution is -0.139. The summed E-state index contributed by atoms with van der Waals surface area (Å²) >= 11 is 0. The second kappa shape index (κ2) is 14.0. The lowest BCUT2D eigenvalue weighted by atomic mass is 10.1. The van der Waals surface area contributed by atoms with E-state index in [2.05, 4.69) is 5.32 Å². The van der Waals surface area contributed by atoms with Crippen LogP contribution >= 0.6 is 0 Å². The van der Waals surface area contributed by atoms with Crippen LogP contribution in [0.4, 0.5) is 5.69 Å². The molecule has 0 bridgehead atoms. The van der Waals surface area contributed by atoms with Crippen LogP contribution in [0.15, 0.2) is 83.8 Å². The molecular weight excluding hydrogens is 526 g/mol. The van der Waals surface area contributed by atoms with Crippen molar-refractivity contribution in [2.24, 2.45) is 5.92 Å². The summed E-state index contributed by atoms with van der Waals surface area (Å²) in [6, 6.07) is 21.4. The highest BCUT2D eigenvalue weighted by Crippen LogP contribution is 2.26. The highest BCUT2D eigenvalue weighted by atomic mass is 32.2. The van der Waals surface area contributed by atoms with Gasteiger partial charge in [-0.1, -0.05) is 56.3 Å². The van der Waals surface area contributed by atoms with E-state index in [1.807, 2.05) is 52.0 Å². The fourth-order valence-electron chi connectivity index (χ4n) is 4.13. The van der Waals surface area contributed by atoms with Gasteiger partial charge in [0.2, 0.25) is 11.8 Å². The summed E-state index contributed by atoms with van der Waals surface area (Å²) < 4.78 is 34.3.